The first-order valence-electron chi connectivity index (χ1n) is 7.72. The third-order valence-corrected chi connectivity index (χ3v) is 5.05. The normalized spacial score (nSPS) is 17.5. The highest BCUT2D eigenvalue weighted by Crippen LogP contribution is 2.24. The van der Waals surface area contributed by atoms with Crippen molar-refractivity contribution >= 4 is 34.8 Å². The largest absolute Gasteiger partial charge is 0.342 e. The first kappa shape index (κ1) is 17.0. The molecule has 1 atom stereocenters. The predicted molar refractivity (Wildman–Crippen MR) is 95.4 cm³/mol. The van der Waals surface area contributed by atoms with Gasteiger partial charge in [-0.2, -0.15) is 0 Å². The van der Waals surface area contributed by atoms with Crippen LogP contribution < -0.4 is 10.6 Å². The number of benzene rings is 1. The van der Waals surface area contributed by atoms with Crippen molar-refractivity contribution in [3.8, 4) is 0 Å². The number of nitrogens with one attached hydrogen (secondary N) is 2. The zero-order valence-electron chi connectivity index (χ0n) is 13.0. The van der Waals surface area contributed by atoms with Crippen molar-refractivity contribution < 1.29 is 9.59 Å². The first-order chi connectivity index (χ1) is 11.6. The maximum Gasteiger partial charge on any atom is 0.261 e. The first-order valence-corrected chi connectivity index (χ1v) is 8.98. The average Bonchev–Trinajstić information content (AvgIpc) is 3.14. The van der Waals surface area contributed by atoms with Gasteiger partial charge in [0.15, 0.2) is 0 Å². The second-order valence-corrected chi connectivity index (χ2v) is 6.91. The number of thiophene rings is 1. The summed E-state index contributed by atoms with van der Waals surface area (Å²) in [6, 6.07) is 11.0. The number of carbonyl (C=O) groups is 2. The van der Waals surface area contributed by atoms with E-state index in [0.29, 0.717) is 23.0 Å². The van der Waals surface area contributed by atoms with Crippen molar-refractivity contribution in [2.75, 3.05) is 26.2 Å². The minimum Gasteiger partial charge on any atom is -0.342 e. The van der Waals surface area contributed by atoms with Crippen LogP contribution in [0, 0.1) is 0 Å². The van der Waals surface area contributed by atoms with Crippen molar-refractivity contribution in [2.45, 2.75) is 6.04 Å². The quantitative estimate of drug-likeness (QED) is 0.876. The van der Waals surface area contributed by atoms with Gasteiger partial charge in [0.05, 0.1) is 17.5 Å². The van der Waals surface area contributed by atoms with Gasteiger partial charge in [0, 0.05) is 24.7 Å². The molecule has 1 aliphatic rings. The van der Waals surface area contributed by atoms with Crippen LogP contribution in [-0.4, -0.2) is 42.9 Å². The minimum absolute atomic E-state index is 0.00615. The lowest BCUT2D eigenvalue weighted by atomic mass is 10.0. The van der Waals surface area contributed by atoms with Gasteiger partial charge in [-0.05, 0) is 29.1 Å². The molecule has 7 heteroatoms. The number of amides is 2. The molecular weight excluding hydrogens is 346 g/mol. The molecule has 2 aromatic rings. The lowest BCUT2D eigenvalue weighted by molar-refractivity contribution is -0.133. The summed E-state index contributed by atoms with van der Waals surface area (Å²) in [4.78, 5) is 27.0. The number of nitrogens with zero attached hydrogens (tertiary/aromatic N) is 1. The molecule has 1 unspecified atom stereocenters. The Bertz CT molecular complexity index is 720. The van der Waals surface area contributed by atoms with Crippen molar-refractivity contribution in [3.63, 3.8) is 0 Å². The van der Waals surface area contributed by atoms with Crippen LogP contribution in [0.2, 0.25) is 5.02 Å². The van der Waals surface area contributed by atoms with Crippen LogP contribution >= 0.6 is 22.9 Å². The van der Waals surface area contributed by atoms with Crippen molar-refractivity contribution in [1.29, 1.82) is 0 Å². The molecule has 2 amide bonds. The summed E-state index contributed by atoms with van der Waals surface area (Å²) in [5.74, 6) is -0.306. The summed E-state index contributed by atoms with van der Waals surface area (Å²) < 4.78 is 0. The third kappa shape index (κ3) is 3.95. The molecule has 2 heterocycles. The molecule has 0 bridgehead atoms. The lowest BCUT2D eigenvalue weighted by Gasteiger charge is -2.36. The van der Waals surface area contributed by atoms with Crippen LogP contribution in [0.15, 0.2) is 41.8 Å². The van der Waals surface area contributed by atoms with Crippen molar-refractivity contribution in [3.05, 3.63) is 57.2 Å². The predicted octanol–water partition coefficient (Wildman–Crippen LogP) is 2.30. The van der Waals surface area contributed by atoms with Crippen molar-refractivity contribution in [1.82, 2.24) is 15.5 Å². The Hall–Kier alpha value is -1.89. The summed E-state index contributed by atoms with van der Waals surface area (Å²) in [5.41, 5.74) is 0.993. The SMILES string of the molecule is O=C(NCC(=O)N1CCNCC1c1cccc(Cl)c1)c1cccs1. The Morgan fingerprint density at radius 3 is 2.96 bits per heavy atom. The third-order valence-electron chi connectivity index (χ3n) is 3.94. The molecule has 0 aliphatic carbocycles. The van der Waals surface area contributed by atoms with Crippen LogP contribution in [0.1, 0.15) is 21.3 Å². The maximum absolute atomic E-state index is 12.6. The maximum atomic E-state index is 12.6. The van der Waals surface area contributed by atoms with E-state index in [0.717, 1.165) is 12.1 Å². The van der Waals surface area contributed by atoms with Gasteiger partial charge in [0.1, 0.15) is 0 Å². The van der Waals surface area contributed by atoms with Crippen LogP contribution in [0.3, 0.4) is 0 Å². The standard InChI is InChI=1S/C17H18ClN3O2S/c18-13-4-1-3-12(9-13)14-10-19-6-7-21(14)16(22)11-20-17(23)15-5-2-8-24-15/h1-5,8-9,14,19H,6-7,10-11H2,(H,20,23). The number of rotatable bonds is 4. The fourth-order valence-corrected chi connectivity index (χ4v) is 3.61. The van der Waals surface area contributed by atoms with Gasteiger partial charge in [-0.25, -0.2) is 0 Å². The second kappa shape index (κ2) is 7.79. The summed E-state index contributed by atoms with van der Waals surface area (Å²) in [6.07, 6.45) is 0. The molecule has 3 rings (SSSR count). The molecule has 24 heavy (non-hydrogen) atoms. The molecule has 0 saturated carbocycles. The van der Waals surface area contributed by atoms with E-state index in [-0.39, 0.29) is 24.4 Å². The number of hydrogen-bond donors (Lipinski definition) is 2. The fraction of sp³-hybridized carbons (Fsp3) is 0.294. The van der Waals surface area contributed by atoms with Crippen molar-refractivity contribution in [2.24, 2.45) is 0 Å². The Balaban J connectivity index is 1.66. The van der Waals surface area contributed by atoms with E-state index in [4.69, 9.17) is 11.6 Å². The second-order valence-electron chi connectivity index (χ2n) is 5.52. The molecule has 1 aromatic heterocycles. The number of hydrogen-bond acceptors (Lipinski definition) is 4. The van der Waals surface area contributed by atoms with Gasteiger partial charge in [-0.3, -0.25) is 9.59 Å². The molecule has 5 nitrogen and oxygen atoms in total. The fourth-order valence-electron chi connectivity index (χ4n) is 2.77. The van der Waals surface area contributed by atoms with E-state index in [1.165, 1.54) is 11.3 Å². The monoisotopic (exact) mass is 363 g/mol. The summed E-state index contributed by atoms with van der Waals surface area (Å²) in [6.45, 7) is 2.01. The summed E-state index contributed by atoms with van der Waals surface area (Å²) in [7, 11) is 0. The van der Waals surface area contributed by atoms with Crippen LogP contribution in [0.25, 0.3) is 0 Å². The molecule has 0 radical (unpaired) electrons. The highest BCUT2D eigenvalue weighted by Gasteiger charge is 2.28. The van der Waals surface area contributed by atoms with Gasteiger partial charge in [-0.1, -0.05) is 29.8 Å². The van der Waals surface area contributed by atoms with Gasteiger partial charge in [0.25, 0.3) is 5.91 Å². The van der Waals surface area contributed by atoms with Gasteiger partial charge in [0.2, 0.25) is 5.91 Å². The van der Waals surface area contributed by atoms with E-state index in [2.05, 4.69) is 10.6 Å². The minimum atomic E-state index is -0.215. The van der Waals surface area contributed by atoms with E-state index in [1.807, 2.05) is 35.7 Å². The molecule has 1 aromatic carbocycles. The molecular formula is C17H18ClN3O2S. The molecule has 0 spiro atoms. The zero-order valence-corrected chi connectivity index (χ0v) is 14.6. The lowest BCUT2D eigenvalue weighted by Crippen LogP contribution is -2.51. The van der Waals surface area contributed by atoms with E-state index in [1.54, 1.807) is 11.0 Å². The summed E-state index contributed by atoms with van der Waals surface area (Å²) >= 11 is 7.43. The Morgan fingerprint density at radius 2 is 2.21 bits per heavy atom. The van der Waals surface area contributed by atoms with Crippen LogP contribution in [0.4, 0.5) is 0 Å². The van der Waals surface area contributed by atoms with Crippen LogP contribution in [0.5, 0.6) is 0 Å². The Kier molecular flexibility index (Phi) is 5.50. The molecule has 1 aliphatic heterocycles. The Morgan fingerprint density at radius 1 is 1.33 bits per heavy atom. The van der Waals surface area contributed by atoms with Gasteiger partial charge >= 0.3 is 0 Å². The highest BCUT2D eigenvalue weighted by atomic mass is 35.5. The smallest absolute Gasteiger partial charge is 0.261 e. The molecule has 1 fully saturated rings. The zero-order chi connectivity index (χ0) is 16.9. The number of piperazine rings is 1. The number of carbonyl (C=O) groups excluding carboxylic acids is 2. The Labute approximate surface area is 149 Å². The summed E-state index contributed by atoms with van der Waals surface area (Å²) in [5, 5.41) is 8.49. The molecule has 1 saturated heterocycles. The molecule has 2 N–H and O–H groups in total. The van der Waals surface area contributed by atoms with E-state index < -0.39 is 0 Å². The topological polar surface area (TPSA) is 61.4 Å². The van der Waals surface area contributed by atoms with E-state index in [9.17, 15) is 9.59 Å². The van der Waals surface area contributed by atoms with Gasteiger partial charge in [-0.15, -0.1) is 11.3 Å². The number of halogens is 1. The van der Waals surface area contributed by atoms with Gasteiger partial charge < -0.3 is 15.5 Å². The highest BCUT2D eigenvalue weighted by molar-refractivity contribution is 7.12. The average molecular weight is 364 g/mol. The van der Waals surface area contributed by atoms with E-state index >= 15 is 0 Å². The van der Waals surface area contributed by atoms with Crippen LogP contribution in [-0.2, 0) is 4.79 Å². The molecule has 126 valence electrons.